The van der Waals surface area contributed by atoms with Gasteiger partial charge in [0.05, 0.1) is 12.0 Å². The van der Waals surface area contributed by atoms with Gasteiger partial charge >= 0.3 is 0 Å². The molecular weight excluding hydrogens is 323 g/mol. The van der Waals surface area contributed by atoms with Gasteiger partial charge in [0.1, 0.15) is 11.5 Å². The molecule has 4 rings (SSSR count). The fourth-order valence-electron chi connectivity index (χ4n) is 3.01. The van der Waals surface area contributed by atoms with Gasteiger partial charge in [-0.25, -0.2) is 4.39 Å². The van der Waals surface area contributed by atoms with Crippen molar-refractivity contribution in [3.05, 3.63) is 60.2 Å². The molecule has 128 valence electrons. The highest BCUT2D eigenvalue weighted by Crippen LogP contribution is 2.22. The highest BCUT2D eigenvalue weighted by molar-refractivity contribution is 5.93. The third-order valence-electron chi connectivity index (χ3n) is 4.34. The van der Waals surface area contributed by atoms with Crippen molar-refractivity contribution in [2.45, 2.75) is 0 Å². The Hall–Kier alpha value is -3.09. The van der Waals surface area contributed by atoms with Crippen LogP contribution < -0.4 is 4.90 Å². The molecule has 1 amide bonds. The lowest BCUT2D eigenvalue weighted by Gasteiger charge is -2.35. The summed E-state index contributed by atoms with van der Waals surface area (Å²) in [6.07, 6.45) is 1.57. The molecule has 7 heteroatoms. The lowest BCUT2D eigenvalue weighted by Crippen LogP contribution is -2.49. The maximum absolute atomic E-state index is 13.9. The maximum atomic E-state index is 13.9. The number of aromatic amines is 1. The van der Waals surface area contributed by atoms with E-state index in [2.05, 4.69) is 10.2 Å². The Bertz CT molecular complexity index is 867. The van der Waals surface area contributed by atoms with Gasteiger partial charge in [0.2, 0.25) is 0 Å². The predicted molar refractivity (Wildman–Crippen MR) is 90.8 cm³/mol. The molecule has 0 saturated carbocycles. The van der Waals surface area contributed by atoms with Crippen LogP contribution in [0.4, 0.5) is 10.1 Å². The highest BCUT2D eigenvalue weighted by Gasteiger charge is 2.25. The molecule has 1 saturated heterocycles. The number of hydrogen-bond acceptors (Lipinski definition) is 4. The molecule has 2 aromatic heterocycles. The molecule has 1 aliphatic rings. The van der Waals surface area contributed by atoms with Gasteiger partial charge in [-0.05, 0) is 24.3 Å². The number of rotatable bonds is 3. The number of carbonyl (C=O) groups is 1. The summed E-state index contributed by atoms with van der Waals surface area (Å²) in [5.41, 5.74) is 1.60. The van der Waals surface area contributed by atoms with Gasteiger partial charge in [-0.3, -0.25) is 9.89 Å². The minimum Gasteiger partial charge on any atom is -0.463 e. The zero-order valence-electron chi connectivity index (χ0n) is 13.5. The van der Waals surface area contributed by atoms with Crippen molar-refractivity contribution in [3.8, 4) is 11.5 Å². The molecule has 1 fully saturated rings. The van der Waals surface area contributed by atoms with Gasteiger partial charge in [0, 0.05) is 32.2 Å². The van der Waals surface area contributed by atoms with E-state index in [0.717, 1.165) is 0 Å². The topological polar surface area (TPSA) is 65.4 Å². The zero-order valence-corrected chi connectivity index (χ0v) is 13.5. The number of halogens is 1. The minimum atomic E-state index is -0.238. The number of H-pyrrole nitrogens is 1. The Labute approximate surface area is 143 Å². The van der Waals surface area contributed by atoms with Crippen LogP contribution in [-0.4, -0.2) is 47.2 Å². The molecule has 0 aliphatic carbocycles. The number of hydrogen-bond donors (Lipinski definition) is 1. The average molecular weight is 340 g/mol. The number of nitrogens with one attached hydrogen (secondary N) is 1. The van der Waals surface area contributed by atoms with Crippen LogP contribution in [0.3, 0.4) is 0 Å². The highest BCUT2D eigenvalue weighted by atomic mass is 19.1. The summed E-state index contributed by atoms with van der Waals surface area (Å²) in [5.74, 6) is 0.260. The maximum Gasteiger partial charge on any atom is 0.274 e. The normalized spacial score (nSPS) is 14.8. The number of carbonyl (C=O) groups excluding carboxylic acids is 1. The van der Waals surface area contributed by atoms with Crippen molar-refractivity contribution in [2.24, 2.45) is 0 Å². The van der Waals surface area contributed by atoms with Gasteiger partial charge in [0.15, 0.2) is 11.5 Å². The number of para-hydroxylation sites is 1. The molecule has 1 N–H and O–H groups in total. The molecule has 3 heterocycles. The molecule has 0 unspecified atom stereocenters. The largest absolute Gasteiger partial charge is 0.463 e. The molecule has 0 radical (unpaired) electrons. The second-order valence-corrected chi connectivity index (χ2v) is 5.87. The molecule has 0 atom stereocenters. The van der Waals surface area contributed by atoms with Crippen LogP contribution in [0.5, 0.6) is 0 Å². The van der Waals surface area contributed by atoms with E-state index in [0.29, 0.717) is 49.0 Å². The third-order valence-corrected chi connectivity index (χ3v) is 4.34. The second-order valence-electron chi connectivity index (χ2n) is 5.87. The lowest BCUT2D eigenvalue weighted by molar-refractivity contribution is 0.0740. The minimum absolute atomic E-state index is 0.137. The van der Waals surface area contributed by atoms with Crippen LogP contribution in [0.2, 0.25) is 0 Å². The van der Waals surface area contributed by atoms with Crippen LogP contribution in [0.25, 0.3) is 11.5 Å². The van der Waals surface area contributed by atoms with E-state index in [1.807, 2.05) is 11.0 Å². The Morgan fingerprint density at radius 1 is 1.12 bits per heavy atom. The second kappa shape index (κ2) is 6.43. The third kappa shape index (κ3) is 3.00. The first kappa shape index (κ1) is 15.4. The van der Waals surface area contributed by atoms with Crippen LogP contribution >= 0.6 is 0 Å². The van der Waals surface area contributed by atoms with Gasteiger partial charge < -0.3 is 14.2 Å². The first-order valence-electron chi connectivity index (χ1n) is 8.10. The number of piperazine rings is 1. The Kier molecular flexibility index (Phi) is 3.97. The molecule has 1 aliphatic heterocycles. The Morgan fingerprint density at radius 3 is 2.64 bits per heavy atom. The average Bonchev–Trinajstić information content (AvgIpc) is 3.33. The fourth-order valence-corrected chi connectivity index (χ4v) is 3.01. The zero-order chi connectivity index (χ0) is 17.2. The summed E-state index contributed by atoms with van der Waals surface area (Å²) >= 11 is 0. The Morgan fingerprint density at radius 2 is 1.92 bits per heavy atom. The standard InChI is InChI=1S/C18H17FN4O2/c19-13-4-1-2-5-16(13)22-7-9-23(10-8-22)18(24)15-12-14(20-21-15)17-6-3-11-25-17/h1-6,11-12H,7-10H2,(H,20,21). The van der Waals surface area contributed by atoms with Gasteiger partial charge in [-0.1, -0.05) is 12.1 Å². The fraction of sp³-hybridized carbons (Fsp3) is 0.222. The smallest absolute Gasteiger partial charge is 0.274 e. The van der Waals surface area contributed by atoms with Crippen molar-refractivity contribution in [1.82, 2.24) is 15.1 Å². The van der Waals surface area contributed by atoms with E-state index in [4.69, 9.17) is 4.42 Å². The van der Waals surface area contributed by atoms with Gasteiger partial charge in [0.25, 0.3) is 5.91 Å². The van der Waals surface area contributed by atoms with Crippen molar-refractivity contribution < 1.29 is 13.6 Å². The molecule has 3 aromatic rings. The summed E-state index contributed by atoms with van der Waals surface area (Å²) < 4.78 is 19.2. The van der Waals surface area contributed by atoms with Crippen LogP contribution in [0, 0.1) is 5.82 Å². The van der Waals surface area contributed by atoms with Crippen LogP contribution in [-0.2, 0) is 0 Å². The first-order valence-corrected chi connectivity index (χ1v) is 8.10. The number of aromatic nitrogens is 2. The van der Waals surface area contributed by atoms with E-state index in [1.54, 1.807) is 41.5 Å². The van der Waals surface area contributed by atoms with E-state index in [1.165, 1.54) is 6.07 Å². The lowest BCUT2D eigenvalue weighted by atomic mass is 10.2. The van der Waals surface area contributed by atoms with E-state index < -0.39 is 0 Å². The number of anilines is 1. The van der Waals surface area contributed by atoms with Crippen LogP contribution in [0.1, 0.15) is 10.5 Å². The van der Waals surface area contributed by atoms with Crippen LogP contribution in [0.15, 0.2) is 53.1 Å². The van der Waals surface area contributed by atoms with Crippen molar-refractivity contribution in [3.63, 3.8) is 0 Å². The van der Waals surface area contributed by atoms with Gasteiger partial charge in [-0.2, -0.15) is 5.10 Å². The number of nitrogens with zero attached hydrogens (tertiary/aromatic N) is 3. The van der Waals surface area contributed by atoms with Crippen molar-refractivity contribution in [1.29, 1.82) is 0 Å². The van der Waals surface area contributed by atoms with E-state index in [9.17, 15) is 9.18 Å². The quantitative estimate of drug-likeness (QED) is 0.796. The van der Waals surface area contributed by atoms with Crippen molar-refractivity contribution in [2.75, 3.05) is 31.1 Å². The van der Waals surface area contributed by atoms with Crippen molar-refractivity contribution >= 4 is 11.6 Å². The summed E-state index contributed by atoms with van der Waals surface area (Å²) in [5, 5.41) is 6.91. The Balaban J connectivity index is 1.42. The predicted octanol–water partition coefficient (Wildman–Crippen LogP) is 2.77. The molecule has 1 aromatic carbocycles. The number of benzene rings is 1. The summed E-state index contributed by atoms with van der Waals surface area (Å²) in [4.78, 5) is 16.3. The number of amides is 1. The summed E-state index contributed by atoms with van der Waals surface area (Å²) in [7, 11) is 0. The summed E-state index contributed by atoms with van der Waals surface area (Å²) in [6.45, 7) is 2.22. The first-order chi connectivity index (χ1) is 12.2. The molecule has 25 heavy (non-hydrogen) atoms. The number of furan rings is 1. The molecular formula is C18H17FN4O2. The van der Waals surface area contributed by atoms with Gasteiger partial charge in [-0.15, -0.1) is 0 Å². The van der Waals surface area contributed by atoms with E-state index >= 15 is 0 Å². The monoisotopic (exact) mass is 340 g/mol. The summed E-state index contributed by atoms with van der Waals surface area (Å²) in [6, 6.07) is 12.0. The SMILES string of the molecule is O=C(c1cc(-c2ccco2)[nH]n1)N1CCN(c2ccccc2F)CC1. The molecule has 6 nitrogen and oxygen atoms in total. The van der Waals surface area contributed by atoms with E-state index in [-0.39, 0.29) is 11.7 Å². The molecule has 0 spiro atoms. The molecule has 0 bridgehead atoms.